The van der Waals surface area contributed by atoms with E-state index in [2.05, 4.69) is 21.2 Å². The van der Waals surface area contributed by atoms with E-state index in [4.69, 9.17) is 9.47 Å². The standard InChI is InChI=1S/C22H33BrN2O6/c1-3-13(11-26)25-18(19(27)24-12-8-6-5-7-9-12)22-10-14(23)17(31-22)15(16(22)20(25)28)21(29)30-4-2/h12-18,26H,3-11H2,1-2H3,(H,24,27)/t13-,14?,15+,16-,17+,18+,22-/m0/s1. The molecule has 1 unspecified atom stereocenters. The van der Waals surface area contributed by atoms with Crippen LogP contribution in [-0.2, 0) is 23.9 Å². The largest absolute Gasteiger partial charge is 0.466 e. The lowest BCUT2D eigenvalue weighted by molar-refractivity contribution is -0.155. The number of carbonyl (C=O) groups is 3. The number of nitrogens with zero attached hydrogens (tertiary/aromatic N) is 1. The molecule has 4 fully saturated rings. The molecule has 3 aliphatic heterocycles. The number of hydrogen-bond donors (Lipinski definition) is 2. The molecule has 8 nitrogen and oxygen atoms in total. The Balaban J connectivity index is 1.71. The van der Waals surface area contributed by atoms with E-state index < -0.39 is 41.6 Å². The topological polar surface area (TPSA) is 105 Å². The summed E-state index contributed by atoms with van der Waals surface area (Å²) in [6.45, 7) is 3.58. The number of aliphatic hydroxyl groups is 1. The van der Waals surface area contributed by atoms with Crippen LogP contribution in [0.15, 0.2) is 0 Å². The molecule has 0 aromatic heterocycles. The molecule has 7 atom stereocenters. The van der Waals surface area contributed by atoms with Gasteiger partial charge in [0.25, 0.3) is 0 Å². The minimum absolute atomic E-state index is 0.0853. The SMILES string of the molecule is CCOC(=O)[C@H]1[C@@H]2O[C@@]3(CC2Br)[C@@H]1C(=O)N([C@@H](CC)CO)[C@@H]3C(=O)NC1CCCCC1. The van der Waals surface area contributed by atoms with Crippen LogP contribution in [0.5, 0.6) is 0 Å². The highest BCUT2D eigenvalue weighted by Gasteiger charge is 2.77. The van der Waals surface area contributed by atoms with Crippen LogP contribution >= 0.6 is 15.9 Å². The summed E-state index contributed by atoms with van der Waals surface area (Å²) in [6.07, 6.45) is 5.64. The number of nitrogens with one attached hydrogen (secondary N) is 1. The highest BCUT2D eigenvalue weighted by atomic mass is 79.9. The van der Waals surface area contributed by atoms with E-state index in [9.17, 15) is 19.5 Å². The minimum Gasteiger partial charge on any atom is -0.466 e. The summed E-state index contributed by atoms with van der Waals surface area (Å²) in [5.74, 6) is -2.50. The molecule has 1 aliphatic carbocycles. The number of fused-ring (bicyclic) bond motifs is 1. The molecule has 174 valence electrons. The fraction of sp³-hybridized carbons (Fsp3) is 0.864. The third-order valence-electron chi connectivity index (χ3n) is 7.56. The van der Waals surface area contributed by atoms with E-state index in [-0.39, 0.29) is 35.9 Å². The average molecular weight is 501 g/mol. The van der Waals surface area contributed by atoms with E-state index in [1.165, 1.54) is 11.3 Å². The van der Waals surface area contributed by atoms with Gasteiger partial charge in [-0.1, -0.05) is 42.1 Å². The molecule has 9 heteroatoms. The fourth-order valence-corrected chi connectivity index (χ4v) is 7.15. The van der Waals surface area contributed by atoms with Crippen molar-refractivity contribution in [2.24, 2.45) is 11.8 Å². The molecule has 2 N–H and O–H groups in total. The van der Waals surface area contributed by atoms with Crippen LogP contribution in [0.4, 0.5) is 0 Å². The summed E-state index contributed by atoms with van der Waals surface area (Å²) in [5.41, 5.74) is -1.09. The number of ether oxygens (including phenoxy) is 2. The smallest absolute Gasteiger partial charge is 0.312 e. The van der Waals surface area contributed by atoms with Gasteiger partial charge in [0, 0.05) is 10.9 Å². The van der Waals surface area contributed by atoms with Gasteiger partial charge in [0.15, 0.2) is 0 Å². The molecule has 0 aromatic carbocycles. The molecule has 4 rings (SSSR count). The maximum atomic E-state index is 13.7. The van der Waals surface area contributed by atoms with Gasteiger partial charge < -0.3 is 24.8 Å². The number of aliphatic hydroxyl groups excluding tert-OH is 1. The van der Waals surface area contributed by atoms with Crippen molar-refractivity contribution in [3.8, 4) is 0 Å². The maximum Gasteiger partial charge on any atom is 0.312 e. The molecule has 31 heavy (non-hydrogen) atoms. The lowest BCUT2D eigenvalue weighted by Gasteiger charge is -2.37. The highest BCUT2D eigenvalue weighted by molar-refractivity contribution is 9.09. The lowest BCUT2D eigenvalue weighted by atomic mass is 9.70. The second-order valence-corrected chi connectivity index (χ2v) is 10.4. The first-order chi connectivity index (χ1) is 14.9. The zero-order valence-electron chi connectivity index (χ0n) is 18.2. The predicted octanol–water partition coefficient (Wildman–Crippen LogP) is 1.52. The molecule has 1 spiro atoms. The molecule has 3 heterocycles. The Morgan fingerprint density at radius 1 is 1.32 bits per heavy atom. The lowest BCUT2D eigenvalue weighted by Crippen LogP contribution is -2.59. The van der Waals surface area contributed by atoms with Gasteiger partial charge in [0.1, 0.15) is 11.6 Å². The number of esters is 1. The molecule has 0 aromatic rings. The summed E-state index contributed by atoms with van der Waals surface area (Å²) >= 11 is 3.63. The van der Waals surface area contributed by atoms with Crippen LogP contribution in [0.2, 0.25) is 0 Å². The number of likely N-dealkylation sites (tertiary alicyclic amines) is 1. The molecule has 1 saturated carbocycles. The number of hydrogen-bond acceptors (Lipinski definition) is 6. The van der Waals surface area contributed by atoms with Crippen molar-refractivity contribution in [1.29, 1.82) is 0 Å². The Bertz CT molecular complexity index is 725. The summed E-state index contributed by atoms with van der Waals surface area (Å²) in [4.78, 5) is 41.5. The zero-order valence-corrected chi connectivity index (χ0v) is 19.8. The third kappa shape index (κ3) is 3.60. The molecular formula is C22H33BrN2O6. The van der Waals surface area contributed by atoms with Crippen molar-refractivity contribution in [3.05, 3.63) is 0 Å². The van der Waals surface area contributed by atoms with Gasteiger partial charge in [-0.05, 0) is 32.6 Å². The Morgan fingerprint density at radius 3 is 2.65 bits per heavy atom. The second-order valence-electron chi connectivity index (χ2n) is 9.25. The van der Waals surface area contributed by atoms with Gasteiger partial charge in [0.2, 0.25) is 11.8 Å². The van der Waals surface area contributed by atoms with Crippen LogP contribution in [0, 0.1) is 11.8 Å². The Morgan fingerprint density at radius 2 is 2.03 bits per heavy atom. The van der Waals surface area contributed by atoms with Gasteiger partial charge in [0.05, 0.1) is 37.2 Å². The summed E-state index contributed by atoms with van der Waals surface area (Å²) in [5, 5.41) is 13.2. The number of carbonyl (C=O) groups excluding carboxylic acids is 3. The number of alkyl halides is 1. The van der Waals surface area contributed by atoms with Crippen LogP contribution in [0.3, 0.4) is 0 Å². The quantitative estimate of drug-likeness (QED) is 0.405. The highest BCUT2D eigenvalue weighted by Crippen LogP contribution is 2.60. The number of halogens is 1. The van der Waals surface area contributed by atoms with Crippen LogP contribution in [0.1, 0.15) is 58.8 Å². The van der Waals surface area contributed by atoms with Crippen molar-refractivity contribution in [1.82, 2.24) is 10.2 Å². The molecule has 3 saturated heterocycles. The summed E-state index contributed by atoms with van der Waals surface area (Å²) in [7, 11) is 0. The third-order valence-corrected chi connectivity index (χ3v) is 8.41. The monoisotopic (exact) mass is 500 g/mol. The Kier molecular flexibility index (Phi) is 6.66. The van der Waals surface area contributed by atoms with E-state index in [0.29, 0.717) is 12.8 Å². The molecule has 2 bridgehead atoms. The van der Waals surface area contributed by atoms with E-state index in [0.717, 1.165) is 25.7 Å². The number of amides is 2. The van der Waals surface area contributed by atoms with Gasteiger partial charge in [-0.25, -0.2) is 0 Å². The second kappa shape index (κ2) is 8.98. The molecule has 4 aliphatic rings. The number of rotatable bonds is 7. The van der Waals surface area contributed by atoms with E-state index in [1.807, 2.05) is 6.92 Å². The molecule has 2 amide bonds. The average Bonchev–Trinajstić information content (AvgIpc) is 3.34. The van der Waals surface area contributed by atoms with Gasteiger partial charge in [-0.15, -0.1) is 0 Å². The van der Waals surface area contributed by atoms with Crippen molar-refractivity contribution < 1.29 is 29.0 Å². The van der Waals surface area contributed by atoms with Crippen molar-refractivity contribution >= 4 is 33.7 Å². The first kappa shape index (κ1) is 23.0. The molecular weight excluding hydrogens is 468 g/mol. The maximum absolute atomic E-state index is 13.7. The molecule has 0 radical (unpaired) electrons. The Hall–Kier alpha value is -1.19. The van der Waals surface area contributed by atoms with E-state index >= 15 is 0 Å². The Labute approximate surface area is 191 Å². The van der Waals surface area contributed by atoms with Gasteiger partial charge in [-0.3, -0.25) is 14.4 Å². The van der Waals surface area contributed by atoms with Crippen LogP contribution in [0.25, 0.3) is 0 Å². The first-order valence-corrected chi connectivity index (χ1v) is 12.5. The van der Waals surface area contributed by atoms with Crippen molar-refractivity contribution in [2.45, 2.75) is 93.5 Å². The van der Waals surface area contributed by atoms with Crippen LogP contribution < -0.4 is 5.32 Å². The summed E-state index contributed by atoms with van der Waals surface area (Å²) in [6, 6.07) is -1.29. The van der Waals surface area contributed by atoms with Gasteiger partial charge in [-0.2, -0.15) is 0 Å². The van der Waals surface area contributed by atoms with Crippen molar-refractivity contribution in [3.63, 3.8) is 0 Å². The first-order valence-electron chi connectivity index (χ1n) is 11.6. The van der Waals surface area contributed by atoms with E-state index in [1.54, 1.807) is 6.92 Å². The zero-order chi connectivity index (χ0) is 22.3. The summed E-state index contributed by atoms with van der Waals surface area (Å²) < 4.78 is 11.7. The predicted molar refractivity (Wildman–Crippen MR) is 115 cm³/mol. The van der Waals surface area contributed by atoms with Gasteiger partial charge >= 0.3 is 5.97 Å². The minimum atomic E-state index is -1.09. The fourth-order valence-electron chi connectivity index (χ4n) is 6.21. The normalized spacial score (nSPS) is 38.3. The van der Waals surface area contributed by atoms with Crippen LogP contribution in [-0.4, -0.2) is 75.7 Å². The van der Waals surface area contributed by atoms with Crippen molar-refractivity contribution in [2.75, 3.05) is 13.2 Å².